The van der Waals surface area contributed by atoms with Gasteiger partial charge >= 0.3 is 5.97 Å². The molecule has 0 amide bonds. The first kappa shape index (κ1) is 12.9. The molecule has 0 unspecified atom stereocenters. The van der Waals surface area contributed by atoms with Gasteiger partial charge in [0, 0.05) is 12.2 Å². The van der Waals surface area contributed by atoms with Gasteiger partial charge in [0.25, 0.3) is 0 Å². The second-order valence-corrected chi connectivity index (χ2v) is 5.59. The summed E-state index contributed by atoms with van der Waals surface area (Å²) >= 11 is 0. The van der Waals surface area contributed by atoms with E-state index in [1.165, 1.54) is 19.3 Å². The highest BCUT2D eigenvalue weighted by molar-refractivity contribution is 5.95. The summed E-state index contributed by atoms with van der Waals surface area (Å²) in [6.45, 7) is 6.70. The number of carbonyl (C=O) groups is 1. The minimum absolute atomic E-state index is 0.295. The number of hydrogen-bond acceptors (Lipinski definition) is 3. The summed E-state index contributed by atoms with van der Waals surface area (Å²) in [5.74, 6) is -0.915. The minimum Gasteiger partial charge on any atom is -0.478 e. The maximum absolute atomic E-state index is 11.3. The zero-order valence-electron chi connectivity index (χ0n) is 11.2. The molecule has 1 aromatic rings. The van der Waals surface area contributed by atoms with Crippen LogP contribution in [0.15, 0.2) is 6.07 Å². The van der Waals surface area contributed by atoms with Crippen LogP contribution in [0.3, 0.4) is 0 Å². The number of rotatable bonds is 4. The van der Waals surface area contributed by atoms with Crippen LogP contribution in [-0.4, -0.2) is 22.6 Å². The standard InChI is InChI=1S/C14H20N2O2/c1-9-7-11(12(13(17)18)10(2)16-9)15-8-14(3)5-4-6-14/h7H,4-6,8H2,1-3H3,(H,15,16)(H,17,18). The van der Waals surface area contributed by atoms with Gasteiger partial charge in [-0.1, -0.05) is 13.3 Å². The van der Waals surface area contributed by atoms with Crippen LogP contribution in [0.25, 0.3) is 0 Å². The fourth-order valence-corrected chi connectivity index (χ4v) is 2.50. The second kappa shape index (κ2) is 4.59. The van der Waals surface area contributed by atoms with Crippen molar-refractivity contribution in [1.82, 2.24) is 4.98 Å². The Hall–Kier alpha value is -1.58. The second-order valence-electron chi connectivity index (χ2n) is 5.59. The summed E-state index contributed by atoms with van der Waals surface area (Å²) in [7, 11) is 0. The molecule has 1 aromatic heterocycles. The van der Waals surface area contributed by atoms with E-state index < -0.39 is 5.97 Å². The predicted octanol–water partition coefficient (Wildman–Crippen LogP) is 3.00. The van der Waals surface area contributed by atoms with E-state index in [0.29, 0.717) is 22.4 Å². The Balaban J connectivity index is 2.22. The lowest BCUT2D eigenvalue weighted by atomic mass is 9.70. The van der Waals surface area contributed by atoms with Gasteiger partial charge in [-0.25, -0.2) is 4.79 Å². The summed E-state index contributed by atoms with van der Waals surface area (Å²) in [5, 5.41) is 12.6. The number of anilines is 1. The van der Waals surface area contributed by atoms with Crippen molar-refractivity contribution in [1.29, 1.82) is 0 Å². The van der Waals surface area contributed by atoms with Gasteiger partial charge in [0.1, 0.15) is 5.56 Å². The number of pyridine rings is 1. The molecule has 1 aliphatic carbocycles. The average molecular weight is 248 g/mol. The molecule has 1 aliphatic rings. The molecule has 1 saturated carbocycles. The lowest BCUT2D eigenvalue weighted by Gasteiger charge is -2.38. The van der Waals surface area contributed by atoms with E-state index in [4.69, 9.17) is 0 Å². The number of carboxylic acids is 1. The first-order chi connectivity index (χ1) is 8.41. The first-order valence-corrected chi connectivity index (χ1v) is 6.37. The zero-order chi connectivity index (χ0) is 13.3. The number of aromatic nitrogens is 1. The van der Waals surface area contributed by atoms with E-state index in [2.05, 4.69) is 17.2 Å². The van der Waals surface area contributed by atoms with Crippen molar-refractivity contribution in [2.24, 2.45) is 5.41 Å². The van der Waals surface area contributed by atoms with E-state index in [1.54, 1.807) is 6.92 Å². The first-order valence-electron chi connectivity index (χ1n) is 6.37. The van der Waals surface area contributed by atoms with Gasteiger partial charge in [0.15, 0.2) is 0 Å². The molecule has 2 rings (SSSR count). The Labute approximate surface area is 107 Å². The van der Waals surface area contributed by atoms with Gasteiger partial charge in [-0.3, -0.25) is 4.98 Å². The van der Waals surface area contributed by atoms with Gasteiger partial charge < -0.3 is 10.4 Å². The summed E-state index contributed by atoms with van der Waals surface area (Å²) in [6, 6.07) is 1.82. The SMILES string of the molecule is Cc1cc(NCC2(C)CCC2)c(C(=O)O)c(C)n1. The lowest BCUT2D eigenvalue weighted by molar-refractivity contribution is 0.0696. The Morgan fingerprint density at radius 2 is 2.17 bits per heavy atom. The minimum atomic E-state index is -0.915. The Morgan fingerprint density at radius 1 is 1.50 bits per heavy atom. The van der Waals surface area contributed by atoms with Crippen LogP contribution in [-0.2, 0) is 0 Å². The van der Waals surface area contributed by atoms with Crippen molar-refractivity contribution in [3.05, 3.63) is 23.0 Å². The fourth-order valence-electron chi connectivity index (χ4n) is 2.50. The molecule has 18 heavy (non-hydrogen) atoms. The predicted molar refractivity (Wildman–Crippen MR) is 71.1 cm³/mol. The number of aromatic carboxylic acids is 1. The zero-order valence-corrected chi connectivity index (χ0v) is 11.2. The highest BCUT2D eigenvalue weighted by Gasteiger charge is 2.31. The number of hydrogen-bond donors (Lipinski definition) is 2. The van der Waals surface area contributed by atoms with Crippen LogP contribution in [0.2, 0.25) is 0 Å². The molecule has 1 heterocycles. The van der Waals surface area contributed by atoms with Crippen LogP contribution in [0.5, 0.6) is 0 Å². The Kier molecular flexibility index (Phi) is 3.28. The van der Waals surface area contributed by atoms with Crippen LogP contribution in [0.4, 0.5) is 5.69 Å². The van der Waals surface area contributed by atoms with Crippen molar-refractivity contribution in [2.75, 3.05) is 11.9 Å². The van der Waals surface area contributed by atoms with Gasteiger partial charge in [0.05, 0.1) is 11.4 Å². The topological polar surface area (TPSA) is 62.2 Å². The molecule has 0 spiro atoms. The molecular weight excluding hydrogens is 228 g/mol. The van der Waals surface area contributed by atoms with Crippen LogP contribution >= 0.6 is 0 Å². The van der Waals surface area contributed by atoms with E-state index in [9.17, 15) is 9.90 Å². The Bertz CT molecular complexity index is 479. The molecular formula is C14H20N2O2. The van der Waals surface area contributed by atoms with Crippen molar-refractivity contribution >= 4 is 11.7 Å². The highest BCUT2D eigenvalue weighted by Crippen LogP contribution is 2.40. The Morgan fingerprint density at radius 3 is 2.67 bits per heavy atom. The van der Waals surface area contributed by atoms with Gasteiger partial charge in [-0.2, -0.15) is 0 Å². The van der Waals surface area contributed by atoms with Gasteiger partial charge in [-0.15, -0.1) is 0 Å². The van der Waals surface area contributed by atoms with Crippen LogP contribution in [0, 0.1) is 19.3 Å². The highest BCUT2D eigenvalue weighted by atomic mass is 16.4. The number of nitrogens with zero attached hydrogens (tertiary/aromatic N) is 1. The maximum atomic E-state index is 11.3. The molecule has 0 atom stereocenters. The van der Waals surface area contributed by atoms with Crippen molar-refractivity contribution in [3.63, 3.8) is 0 Å². The fraction of sp³-hybridized carbons (Fsp3) is 0.571. The van der Waals surface area contributed by atoms with Crippen LogP contribution in [0.1, 0.15) is 47.9 Å². The van der Waals surface area contributed by atoms with E-state index in [-0.39, 0.29) is 0 Å². The molecule has 0 bridgehead atoms. The number of carboxylic acid groups (broad SMARTS) is 1. The van der Waals surface area contributed by atoms with Gasteiger partial charge in [0.2, 0.25) is 0 Å². The number of aryl methyl sites for hydroxylation is 2. The van der Waals surface area contributed by atoms with E-state index in [0.717, 1.165) is 12.2 Å². The molecule has 0 aromatic carbocycles. The van der Waals surface area contributed by atoms with Crippen molar-refractivity contribution < 1.29 is 9.90 Å². The molecule has 0 aliphatic heterocycles. The largest absolute Gasteiger partial charge is 0.478 e. The monoisotopic (exact) mass is 248 g/mol. The van der Waals surface area contributed by atoms with E-state index >= 15 is 0 Å². The quantitative estimate of drug-likeness (QED) is 0.859. The maximum Gasteiger partial charge on any atom is 0.339 e. The summed E-state index contributed by atoms with van der Waals surface area (Å²) < 4.78 is 0. The van der Waals surface area contributed by atoms with Crippen LogP contribution < -0.4 is 5.32 Å². The molecule has 1 fully saturated rings. The van der Waals surface area contributed by atoms with Crippen molar-refractivity contribution in [3.8, 4) is 0 Å². The normalized spacial score (nSPS) is 17.1. The summed E-state index contributed by atoms with van der Waals surface area (Å²) in [4.78, 5) is 15.5. The third kappa shape index (κ3) is 2.47. The van der Waals surface area contributed by atoms with Gasteiger partial charge in [-0.05, 0) is 38.2 Å². The molecule has 98 valence electrons. The molecule has 0 saturated heterocycles. The summed E-state index contributed by atoms with van der Waals surface area (Å²) in [5.41, 5.74) is 2.73. The molecule has 2 N–H and O–H groups in total. The van der Waals surface area contributed by atoms with E-state index in [1.807, 2.05) is 13.0 Å². The van der Waals surface area contributed by atoms with Crippen molar-refractivity contribution in [2.45, 2.75) is 40.0 Å². The third-order valence-corrected chi connectivity index (χ3v) is 3.81. The lowest BCUT2D eigenvalue weighted by Crippen LogP contribution is -2.33. The molecule has 0 radical (unpaired) electrons. The number of nitrogens with one attached hydrogen (secondary N) is 1. The molecule has 4 nitrogen and oxygen atoms in total. The summed E-state index contributed by atoms with van der Waals surface area (Å²) in [6.07, 6.45) is 3.70. The third-order valence-electron chi connectivity index (χ3n) is 3.81. The smallest absolute Gasteiger partial charge is 0.339 e. The average Bonchev–Trinajstić information content (AvgIpc) is 2.22. The molecule has 4 heteroatoms.